The summed E-state index contributed by atoms with van der Waals surface area (Å²) in [6.45, 7) is 5.48. The lowest BCUT2D eigenvalue weighted by Gasteiger charge is -2.37. The Labute approximate surface area is 277 Å². The fourth-order valence-electron chi connectivity index (χ4n) is 5.52. The molecule has 46 heavy (non-hydrogen) atoms. The van der Waals surface area contributed by atoms with Crippen molar-refractivity contribution in [3.8, 4) is 0 Å². The number of hydrogen-bond acceptors (Lipinski definition) is 6. The minimum atomic E-state index is -0.643. The molecule has 2 aliphatic rings. The van der Waals surface area contributed by atoms with Crippen LogP contribution in [0.15, 0.2) is 82.0 Å². The predicted molar refractivity (Wildman–Crippen MR) is 181 cm³/mol. The molecule has 0 unspecified atom stereocenters. The summed E-state index contributed by atoms with van der Waals surface area (Å²) in [4.78, 5) is 56.6. The third-order valence-corrected chi connectivity index (χ3v) is 8.56. The average molecular weight is 664 g/mol. The molecule has 3 aromatic carbocycles. The number of nitrogens with one attached hydrogen (secondary N) is 1. The summed E-state index contributed by atoms with van der Waals surface area (Å²) in [5.41, 5.74) is 2.68. The highest BCUT2D eigenvalue weighted by molar-refractivity contribution is 6.31. The molecule has 0 radical (unpaired) electrons. The Morgan fingerprint density at radius 1 is 0.783 bits per heavy atom. The van der Waals surface area contributed by atoms with Crippen LogP contribution >= 0.6 is 23.2 Å². The van der Waals surface area contributed by atoms with Gasteiger partial charge in [0.2, 0.25) is 5.91 Å². The Morgan fingerprint density at radius 2 is 1.46 bits per heavy atom. The first kappa shape index (κ1) is 33.0. The Bertz CT molecular complexity index is 1740. The molecule has 1 aromatic heterocycles. The molecule has 2 fully saturated rings. The molecule has 9 nitrogen and oxygen atoms in total. The molecule has 1 N–H and O–H groups in total. The van der Waals surface area contributed by atoms with Crippen molar-refractivity contribution in [2.75, 3.05) is 50.7 Å². The maximum Gasteiger partial charge on any atom is 0.287 e. The molecule has 0 saturated carbocycles. The second kappa shape index (κ2) is 15.3. The number of likely N-dealkylation sites (tertiary alicyclic amines) is 1. The summed E-state index contributed by atoms with van der Waals surface area (Å²) in [5.74, 6) is -0.982. The van der Waals surface area contributed by atoms with Crippen molar-refractivity contribution in [1.29, 1.82) is 0 Å². The number of piperazine rings is 1. The lowest BCUT2D eigenvalue weighted by molar-refractivity contribution is -0.130. The van der Waals surface area contributed by atoms with E-state index >= 15 is 0 Å². The van der Waals surface area contributed by atoms with Crippen molar-refractivity contribution >= 4 is 57.6 Å². The molecular weight excluding hydrogens is 627 g/mol. The van der Waals surface area contributed by atoms with Gasteiger partial charge in [0.25, 0.3) is 11.8 Å². The van der Waals surface area contributed by atoms with Gasteiger partial charge in [-0.2, -0.15) is 0 Å². The molecule has 3 amide bonds. The molecule has 3 heterocycles. The van der Waals surface area contributed by atoms with Crippen LogP contribution in [0.2, 0.25) is 10.0 Å². The number of fused-ring (bicyclic) bond motifs is 1. The second-order valence-electron chi connectivity index (χ2n) is 11.3. The quantitative estimate of drug-likeness (QED) is 0.290. The van der Waals surface area contributed by atoms with E-state index in [-0.39, 0.29) is 40.5 Å². The van der Waals surface area contributed by atoms with E-state index < -0.39 is 5.91 Å². The van der Waals surface area contributed by atoms with Gasteiger partial charge in [0.1, 0.15) is 5.58 Å². The molecule has 4 aromatic rings. The summed E-state index contributed by atoms with van der Waals surface area (Å²) in [6.07, 6.45) is 3.23. The lowest BCUT2D eigenvalue weighted by Crippen LogP contribution is -2.51. The normalized spacial score (nSPS) is 14.8. The molecule has 2 saturated heterocycles. The SMILES string of the molecule is Cc1ccc(Cl)cc1.O=C(NCC(=O)N1CCN(c2ccccc2C(=O)N2CCCCC2)CC1)c1cc(=O)c2cc(Cl)ccc2o1. The Kier molecular flexibility index (Phi) is 11.0. The van der Waals surface area contributed by atoms with Crippen molar-refractivity contribution < 1.29 is 18.8 Å². The summed E-state index contributed by atoms with van der Waals surface area (Å²) in [7, 11) is 0. The van der Waals surface area contributed by atoms with E-state index in [1.807, 2.05) is 60.4 Å². The molecular formula is C35H36Cl2N4O5. The van der Waals surface area contributed by atoms with Gasteiger partial charge in [-0.1, -0.05) is 53.0 Å². The van der Waals surface area contributed by atoms with Gasteiger partial charge in [0, 0.05) is 61.1 Å². The van der Waals surface area contributed by atoms with E-state index in [0.717, 1.165) is 49.1 Å². The number of halogens is 2. The van der Waals surface area contributed by atoms with Crippen molar-refractivity contribution in [3.63, 3.8) is 0 Å². The number of amides is 3. The van der Waals surface area contributed by atoms with Gasteiger partial charge in [0.05, 0.1) is 17.5 Å². The van der Waals surface area contributed by atoms with Gasteiger partial charge in [-0.15, -0.1) is 0 Å². The third-order valence-electron chi connectivity index (χ3n) is 8.07. The van der Waals surface area contributed by atoms with Crippen molar-refractivity contribution in [2.24, 2.45) is 0 Å². The number of aryl methyl sites for hydroxylation is 1. The number of para-hydroxylation sites is 1. The largest absolute Gasteiger partial charge is 0.451 e. The zero-order chi connectivity index (χ0) is 32.6. The number of benzene rings is 3. The first-order valence-electron chi connectivity index (χ1n) is 15.3. The number of nitrogens with zero attached hydrogens (tertiary/aromatic N) is 3. The van der Waals surface area contributed by atoms with E-state index in [4.69, 9.17) is 27.6 Å². The lowest BCUT2D eigenvalue weighted by atomic mass is 10.1. The topological polar surface area (TPSA) is 103 Å². The molecule has 0 atom stereocenters. The van der Waals surface area contributed by atoms with Gasteiger partial charge in [-0.05, 0) is 68.7 Å². The van der Waals surface area contributed by atoms with E-state index in [2.05, 4.69) is 10.2 Å². The fourth-order valence-corrected chi connectivity index (χ4v) is 5.82. The molecule has 0 spiro atoms. The van der Waals surface area contributed by atoms with E-state index in [1.54, 1.807) is 11.0 Å². The van der Waals surface area contributed by atoms with Gasteiger partial charge in [0.15, 0.2) is 11.2 Å². The fraction of sp³-hybridized carbons (Fsp3) is 0.314. The van der Waals surface area contributed by atoms with Crippen LogP contribution in [-0.4, -0.2) is 73.3 Å². The molecule has 2 aliphatic heterocycles. The van der Waals surface area contributed by atoms with Crippen LogP contribution in [0.5, 0.6) is 0 Å². The van der Waals surface area contributed by atoms with Gasteiger partial charge in [-0.25, -0.2) is 0 Å². The molecule has 0 aliphatic carbocycles. The molecule has 11 heteroatoms. The van der Waals surface area contributed by atoms with Crippen LogP contribution in [0.25, 0.3) is 11.0 Å². The van der Waals surface area contributed by atoms with Gasteiger partial charge >= 0.3 is 0 Å². The second-order valence-corrected chi connectivity index (χ2v) is 12.2. The number of carbonyl (C=O) groups is 3. The maximum atomic E-state index is 13.2. The number of carbonyl (C=O) groups excluding carboxylic acids is 3. The van der Waals surface area contributed by atoms with Gasteiger partial charge in [-0.3, -0.25) is 19.2 Å². The number of hydrogen-bond donors (Lipinski definition) is 1. The first-order valence-corrected chi connectivity index (χ1v) is 16.1. The van der Waals surface area contributed by atoms with Gasteiger partial charge < -0.3 is 24.4 Å². The Morgan fingerprint density at radius 3 is 2.15 bits per heavy atom. The summed E-state index contributed by atoms with van der Waals surface area (Å²) in [6, 6.07) is 21.1. The van der Waals surface area contributed by atoms with Crippen LogP contribution in [-0.2, 0) is 4.79 Å². The van der Waals surface area contributed by atoms with Crippen molar-refractivity contribution in [1.82, 2.24) is 15.1 Å². The van der Waals surface area contributed by atoms with Crippen molar-refractivity contribution in [3.05, 3.63) is 110 Å². The molecule has 240 valence electrons. The average Bonchev–Trinajstić information content (AvgIpc) is 3.09. The Hall–Kier alpha value is -4.34. The van der Waals surface area contributed by atoms with E-state index in [1.165, 1.54) is 17.7 Å². The van der Waals surface area contributed by atoms with Crippen LogP contribution < -0.4 is 15.6 Å². The highest BCUT2D eigenvalue weighted by Gasteiger charge is 2.26. The van der Waals surface area contributed by atoms with Crippen LogP contribution in [0.3, 0.4) is 0 Å². The number of anilines is 1. The summed E-state index contributed by atoms with van der Waals surface area (Å²) >= 11 is 11.5. The monoisotopic (exact) mass is 662 g/mol. The summed E-state index contributed by atoms with van der Waals surface area (Å²) < 4.78 is 5.54. The number of rotatable bonds is 5. The molecule has 0 bridgehead atoms. The van der Waals surface area contributed by atoms with Crippen LogP contribution in [0.1, 0.15) is 45.7 Å². The van der Waals surface area contributed by atoms with Crippen molar-refractivity contribution in [2.45, 2.75) is 26.2 Å². The maximum absolute atomic E-state index is 13.2. The zero-order valence-electron chi connectivity index (χ0n) is 25.6. The third kappa shape index (κ3) is 8.27. The predicted octanol–water partition coefficient (Wildman–Crippen LogP) is 5.80. The van der Waals surface area contributed by atoms with Crippen LogP contribution in [0.4, 0.5) is 5.69 Å². The number of piperidine rings is 1. The summed E-state index contributed by atoms with van der Waals surface area (Å²) in [5, 5.41) is 4.02. The Balaban J connectivity index is 0.000000455. The zero-order valence-corrected chi connectivity index (χ0v) is 27.1. The standard InChI is InChI=1S/C28H29ClN4O5.C7H7Cl/c29-19-8-9-24-21(16-19)23(34)17-25(38-24)27(36)30-18-26(35)32-14-12-31(13-15-32)22-7-3-2-6-20(22)28(37)33-10-4-1-5-11-33;1-6-2-4-7(8)5-3-6/h2-3,6-9,16-17H,1,4-5,10-15,18H2,(H,30,36);2-5H,1H3. The minimum absolute atomic E-state index is 0.0601. The van der Waals surface area contributed by atoms with E-state index in [9.17, 15) is 19.2 Å². The highest BCUT2D eigenvalue weighted by atomic mass is 35.5. The van der Waals surface area contributed by atoms with E-state index in [0.29, 0.717) is 36.8 Å². The first-order chi connectivity index (χ1) is 22.2. The minimum Gasteiger partial charge on any atom is -0.451 e. The smallest absolute Gasteiger partial charge is 0.287 e. The van der Waals surface area contributed by atoms with Crippen LogP contribution in [0, 0.1) is 6.92 Å². The highest BCUT2D eigenvalue weighted by Crippen LogP contribution is 2.25. The molecule has 6 rings (SSSR count).